The zero-order valence-electron chi connectivity index (χ0n) is 20.5. The van der Waals surface area contributed by atoms with E-state index in [0.29, 0.717) is 22.5 Å². The van der Waals surface area contributed by atoms with Crippen molar-refractivity contribution in [3.05, 3.63) is 91.0 Å². The fourth-order valence-corrected chi connectivity index (χ4v) is 7.04. The van der Waals surface area contributed by atoms with Crippen LogP contribution in [0.3, 0.4) is 0 Å². The minimum Gasteiger partial charge on any atom is -0.495 e. The van der Waals surface area contributed by atoms with Gasteiger partial charge in [-0.25, -0.2) is 13.4 Å². The number of benzene rings is 4. The third kappa shape index (κ3) is 4.96. The molecular weight excluding hydrogens is 555 g/mol. The van der Waals surface area contributed by atoms with Crippen molar-refractivity contribution in [2.45, 2.75) is 19.9 Å². The molecule has 0 spiro atoms. The molecule has 0 aliphatic carbocycles. The number of hydrogen-bond donors (Lipinski definition) is 1. The molecule has 5 aromatic rings. The lowest BCUT2D eigenvalue weighted by Crippen LogP contribution is -2.29. The Labute approximate surface area is 233 Å². The van der Waals surface area contributed by atoms with Crippen LogP contribution in [0.5, 0.6) is 5.75 Å². The summed E-state index contributed by atoms with van der Waals surface area (Å²) in [6.07, 6.45) is 0. The van der Waals surface area contributed by atoms with Crippen molar-refractivity contribution in [1.82, 2.24) is 4.98 Å². The highest BCUT2D eigenvalue weighted by Crippen LogP contribution is 2.48. The number of ether oxygens (including phenoxy) is 1. The Morgan fingerprint density at radius 3 is 2.36 bits per heavy atom. The number of rotatable bonds is 7. The second-order valence-electron chi connectivity index (χ2n) is 8.47. The number of carbonyl (C=O) groups is 1. The van der Waals surface area contributed by atoms with Crippen molar-refractivity contribution in [3.8, 4) is 5.75 Å². The van der Waals surface area contributed by atoms with Crippen LogP contribution >= 0.6 is 23.5 Å². The molecule has 0 saturated carbocycles. The van der Waals surface area contributed by atoms with Gasteiger partial charge in [0, 0.05) is 9.79 Å². The standard InChI is InChI=1S/C28H21N3O5S3/c1-35-23-11-5-2-8-19(23)30-39(33,34)18-14-15-24-20(16-18)29-28(36-24)37-17-27(32)31-21-9-3-6-12-25(21)38-26-13-7-4-10-22(26)31/h2-16,30H,17H2,1H3. The minimum atomic E-state index is -3.91. The maximum atomic E-state index is 13.5. The number of hydrogen-bond acceptors (Lipinski definition) is 8. The van der Waals surface area contributed by atoms with Crippen molar-refractivity contribution in [2.75, 3.05) is 22.5 Å². The number of thioether (sulfide) groups is 1. The van der Waals surface area contributed by atoms with Gasteiger partial charge in [0.15, 0.2) is 5.58 Å². The smallest absolute Gasteiger partial charge is 0.262 e. The number of nitrogens with zero attached hydrogens (tertiary/aromatic N) is 2. The molecule has 0 unspecified atom stereocenters. The van der Waals surface area contributed by atoms with Crippen molar-refractivity contribution in [2.24, 2.45) is 0 Å². The van der Waals surface area contributed by atoms with E-state index in [4.69, 9.17) is 9.15 Å². The molecule has 0 atom stereocenters. The normalized spacial score (nSPS) is 12.6. The number of fused-ring (bicyclic) bond motifs is 3. The first-order valence-electron chi connectivity index (χ1n) is 11.8. The highest BCUT2D eigenvalue weighted by atomic mass is 32.2. The fraction of sp³-hybridized carbons (Fsp3) is 0.0714. The first kappa shape index (κ1) is 25.4. The van der Waals surface area contributed by atoms with Crippen LogP contribution in [-0.2, 0) is 14.8 Å². The average molecular weight is 576 g/mol. The van der Waals surface area contributed by atoms with E-state index in [9.17, 15) is 13.2 Å². The highest BCUT2D eigenvalue weighted by Gasteiger charge is 2.28. The zero-order chi connectivity index (χ0) is 27.0. The number of amides is 1. The van der Waals surface area contributed by atoms with Crippen LogP contribution in [0, 0.1) is 0 Å². The van der Waals surface area contributed by atoms with Crippen molar-refractivity contribution in [1.29, 1.82) is 0 Å². The van der Waals surface area contributed by atoms with Crippen LogP contribution in [0.25, 0.3) is 11.1 Å². The Kier molecular flexibility index (Phi) is 6.71. The SMILES string of the molecule is COc1ccccc1NS(=O)(=O)c1ccc2oc(SCC(=O)N3c4ccccc4Sc4ccccc43)nc2c1. The maximum Gasteiger partial charge on any atom is 0.262 e. The van der Waals surface area contributed by atoms with E-state index in [-0.39, 0.29) is 21.8 Å². The van der Waals surface area contributed by atoms with Crippen LogP contribution in [0.2, 0.25) is 0 Å². The molecule has 1 aliphatic heterocycles. The predicted molar refractivity (Wildman–Crippen MR) is 153 cm³/mol. The fourth-order valence-electron chi connectivity index (χ4n) is 4.21. The molecule has 0 bridgehead atoms. The summed E-state index contributed by atoms with van der Waals surface area (Å²) < 4.78 is 39.7. The molecule has 196 valence electrons. The van der Waals surface area contributed by atoms with Gasteiger partial charge in [-0.3, -0.25) is 14.4 Å². The van der Waals surface area contributed by atoms with Gasteiger partial charge in [0.05, 0.1) is 34.8 Å². The molecule has 1 N–H and O–H groups in total. The number of methoxy groups -OCH3 is 1. The molecule has 4 aromatic carbocycles. The molecule has 11 heteroatoms. The Morgan fingerprint density at radius 1 is 0.974 bits per heavy atom. The number of sulfonamides is 1. The molecule has 0 fully saturated rings. The van der Waals surface area contributed by atoms with E-state index in [1.165, 1.54) is 19.2 Å². The summed E-state index contributed by atoms with van der Waals surface area (Å²) in [7, 11) is -2.43. The van der Waals surface area contributed by atoms with Crippen molar-refractivity contribution in [3.63, 3.8) is 0 Å². The Morgan fingerprint density at radius 2 is 1.64 bits per heavy atom. The predicted octanol–water partition coefficient (Wildman–Crippen LogP) is 6.56. The molecule has 1 aromatic heterocycles. The molecular formula is C28H21N3O5S3. The molecule has 0 saturated heterocycles. The summed E-state index contributed by atoms with van der Waals surface area (Å²) in [4.78, 5) is 21.7. The molecule has 1 aliphatic rings. The molecule has 2 heterocycles. The van der Waals surface area contributed by atoms with Gasteiger partial charge in [-0.2, -0.15) is 0 Å². The lowest BCUT2D eigenvalue weighted by molar-refractivity contribution is -0.115. The van der Waals surface area contributed by atoms with Gasteiger partial charge >= 0.3 is 0 Å². The average Bonchev–Trinajstić information content (AvgIpc) is 3.37. The molecule has 39 heavy (non-hydrogen) atoms. The Hall–Kier alpha value is -3.93. The third-order valence-corrected chi connectivity index (χ3v) is 9.31. The summed E-state index contributed by atoms with van der Waals surface area (Å²) >= 11 is 2.79. The second-order valence-corrected chi connectivity index (χ2v) is 12.2. The van der Waals surface area contributed by atoms with Gasteiger partial charge in [0.25, 0.3) is 15.2 Å². The van der Waals surface area contributed by atoms with Gasteiger partial charge in [0.1, 0.15) is 11.3 Å². The maximum absolute atomic E-state index is 13.5. The minimum absolute atomic E-state index is 0.0286. The molecule has 1 amide bonds. The first-order chi connectivity index (χ1) is 18.9. The Balaban J connectivity index is 1.22. The highest BCUT2D eigenvalue weighted by molar-refractivity contribution is 8.00. The van der Waals surface area contributed by atoms with E-state index >= 15 is 0 Å². The number of nitrogens with one attached hydrogen (secondary N) is 1. The van der Waals surface area contributed by atoms with Crippen LogP contribution in [-0.4, -0.2) is 32.2 Å². The van der Waals surface area contributed by atoms with Gasteiger partial charge < -0.3 is 9.15 Å². The number of para-hydroxylation sites is 4. The molecule has 8 nitrogen and oxygen atoms in total. The Bertz CT molecular complexity index is 1780. The van der Waals surface area contributed by atoms with E-state index in [0.717, 1.165) is 32.9 Å². The summed E-state index contributed by atoms with van der Waals surface area (Å²) in [5, 5.41) is 0.276. The first-order valence-corrected chi connectivity index (χ1v) is 15.1. The third-order valence-electron chi connectivity index (χ3n) is 6.00. The lowest BCUT2D eigenvalue weighted by atomic mass is 10.2. The molecule has 6 rings (SSSR count). The van der Waals surface area contributed by atoms with Gasteiger partial charge in [-0.05, 0) is 54.6 Å². The summed E-state index contributed by atoms with van der Waals surface area (Å²) in [5.74, 6) is 0.372. The van der Waals surface area contributed by atoms with Crippen molar-refractivity contribution < 1.29 is 22.4 Å². The van der Waals surface area contributed by atoms with Crippen LogP contribution in [0.4, 0.5) is 17.1 Å². The zero-order valence-corrected chi connectivity index (χ0v) is 23.0. The monoisotopic (exact) mass is 575 g/mol. The largest absolute Gasteiger partial charge is 0.495 e. The number of carbonyl (C=O) groups excluding carboxylic acids is 1. The van der Waals surface area contributed by atoms with Gasteiger partial charge in [-0.15, -0.1) is 0 Å². The number of aromatic nitrogens is 1. The van der Waals surface area contributed by atoms with Crippen LogP contribution < -0.4 is 14.4 Å². The topological polar surface area (TPSA) is 102 Å². The van der Waals surface area contributed by atoms with Crippen LogP contribution in [0.15, 0.2) is 115 Å². The van der Waals surface area contributed by atoms with Gasteiger partial charge in [-0.1, -0.05) is 59.9 Å². The van der Waals surface area contributed by atoms with Crippen LogP contribution in [0.1, 0.15) is 0 Å². The summed E-state index contributed by atoms with van der Waals surface area (Å²) in [6.45, 7) is 0. The quantitative estimate of drug-likeness (QED) is 0.218. The summed E-state index contributed by atoms with van der Waals surface area (Å²) in [6, 6.07) is 26.8. The molecule has 0 radical (unpaired) electrons. The number of oxazole rings is 1. The van der Waals surface area contributed by atoms with E-state index in [2.05, 4.69) is 9.71 Å². The summed E-state index contributed by atoms with van der Waals surface area (Å²) in [5.41, 5.74) is 2.79. The van der Waals surface area contributed by atoms with Gasteiger partial charge in [0.2, 0.25) is 5.91 Å². The van der Waals surface area contributed by atoms with E-state index < -0.39 is 10.0 Å². The van der Waals surface area contributed by atoms with E-state index in [1.807, 2.05) is 48.5 Å². The number of anilines is 3. The lowest BCUT2D eigenvalue weighted by Gasteiger charge is -2.30. The van der Waals surface area contributed by atoms with E-state index in [1.54, 1.807) is 47.0 Å². The van der Waals surface area contributed by atoms with Crippen molar-refractivity contribution >= 4 is 67.6 Å². The second kappa shape index (κ2) is 10.3.